The number of aromatic nitrogens is 1. The first-order valence-corrected chi connectivity index (χ1v) is 15.2. The van der Waals surface area contributed by atoms with Gasteiger partial charge in [0.05, 0.1) is 42.2 Å². The van der Waals surface area contributed by atoms with Crippen molar-refractivity contribution < 1.29 is 23.4 Å². The van der Waals surface area contributed by atoms with E-state index < -0.39 is 12.0 Å². The molecule has 0 saturated heterocycles. The molecule has 1 atom stereocenters. The molecule has 1 aliphatic rings. The number of methoxy groups -OCH3 is 1. The molecule has 0 aliphatic carbocycles. The summed E-state index contributed by atoms with van der Waals surface area (Å²) >= 11 is 11.1. The first kappa shape index (κ1) is 29.9. The summed E-state index contributed by atoms with van der Waals surface area (Å²) in [5.41, 5.74) is 2.90. The van der Waals surface area contributed by atoms with Crippen LogP contribution in [0.1, 0.15) is 43.7 Å². The maximum absolute atomic E-state index is 14.0. The number of fused-ring (bicyclic) bond motifs is 1. The number of ether oxygens (including phenoxy) is 3. The third-order valence-electron chi connectivity index (χ3n) is 6.76. The number of carbonyl (C=O) groups excluding carboxylic acids is 1. The molecule has 0 N–H and O–H groups in total. The predicted octanol–water partition coefficient (Wildman–Crippen LogP) is 6.19. The summed E-state index contributed by atoms with van der Waals surface area (Å²) in [7, 11) is 1.54. The van der Waals surface area contributed by atoms with Gasteiger partial charge in [0.15, 0.2) is 16.3 Å². The number of nitrogens with zero attached hydrogens (tertiary/aromatic N) is 2. The summed E-state index contributed by atoms with van der Waals surface area (Å²) in [6, 6.07) is 11.9. The monoisotopic (exact) mass is 670 g/mol. The Morgan fingerprint density at radius 1 is 1.14 bits per heavy atom. The van der Waals surface area contributed by atoms with Crippen LogP contribution in [0.3, 0.4) is 0 Å². The van der Waals surface area contributed by atoms with Crippen molar-refractivity contribution in [1.29, 1.82) is 0 Å². The van der Waals surface area contributed by atoms with Crippen LogP contribution in [-0.4, -0.2) is 30.9 Å². The van der Waals surface area contributed by atoms with Crippen molar-refractivity contribution >= 4 is 50.9 Å². The first-order chi connectivity index (χ1) is 20.2. The van der Waals surface area contributed by atoms with Gasteiger partial charge >= 0.3 is 5.97 Å². The number of hydrogen-bond donors (Lipinski definition) is 0. The molecule has 0 saturated carbocycles. The molecule has 0 unspecified atom stereocenters. The van der Waals surface area contributed by atoms with Gasteiger partial charge in [0.1, 0.15) is 11.5 Å². The molecule has 0 fully saturated rings. The van der Waals surface area contributed by atoms with Crippen molar-refractivity contribution in [3.05, 3.63) is 99.8 Å². The maximum Gasteiger partial charge on any atom is 0.338 e. The number of hydrogen-bond acceptors (Lipinski definition) is 8. The van der Waals surface area contributed by atoms with Gasteiger partial charge in [0.25, 0.3) is 5.56 Å². The molecule has 11 heteroatoms. The van der Waals surface area contributed by atoms with Crippen molar-refractivity contribution in [2.24, 2.45) is 4.99 Å². The molecule has 0 radical (unpaired) electrons. The molecule has 2 aromatic carbocycles. The minimum absolute atomic E-state index is 0.174. The summed E-state index contributed by atoms with van der Waals surface area (Å²) < 4.78 is 25.4. The highest BCUT2D eigenvalue weighted by molar-refractivity contribution is 9.10. The van der Waals surface area contributed by atoms with Gasteiger partial charge in [-0.1, -0.05) is 44.9 Å². The van der Waals surface area contributed by atoms with Gasteiger partial charge < -0.3 is 18.6 Å². The highest BCUT2D eigenvalue weighted by atomic mass is 79.9. The van der Waals surface area contributed by atoms with E-state index in [1.54, 1.807) is 38.1 Å². The number of thiazole rings is 1. The Bertz CT molecular complexity index is 1900. The van der Waals surface area contributed by atoms with E-state index >= 15 is 0 Å². The second-order valence-electron chi connectivity index (χ2n) is 9.42. The van der Waals surface area contributed by atoms with Gasteiger partial charge in [0, 0.05) is 21.1 Å². The van der Waals surface area contributed by atoms with Crippen LogP contribution >= 0.6 is 38.9 Å². The highest BCUT2D eigenvalue weighted by Gasteiger charge is 2.35. The number of benzene rings is 2. The summed E-state index contributed by atoms with van der Waals surface area (Å²) in [6.45, 7) is 7.94. The van der Waals surface area contributed by atoms with Gasteiger partial charge in [-0.05, 0) is 75.2 Å². The van der Waals surface area contributed by atoms with Crippen molar-refractivity contribution in [1.82, 2.24) is 4.57 Å². The summed E-state index contributed by atoms with van der Waals surface area (Å²) in [6.07, 6.45) is 1.68. The van der Waals surface area contributed by atoms with Gasteiger partial charge in [-0.15, -0.1) is 0 Å². The summed E-state index contributed by atoms with van der Waals surface area (Å²) in [5, 5.41) is 0.603. The van der Waals surface area contributed by atoms with E-state index in [2.05, 4.69) is 20.9 Å². The second-order valence-corrected chi connectivity index (χ2v) is 11.7. The van der Waals surface area contributed by atoms with E-state index in [0.717, 1.165) is 11.1 Å². The molecule has 4 aromatic rings. The smallest absolute Gasteiger partial charge is 0.338 e. The third kappa shape index (κ3) is 5.58. The average molecular weight is 672 g/mol. The van der Waals surface area contributed by atoms with Crippen LogP contribution in [0, 0.1) is 6.92 Å². The van der Waals surface area contributed by atoms with Gasteiger partial charge in [-0.25, -0.2) is 9.79 Å². The Morgan fingerprint density at radius 2 is 1.93 bits per heavy atom. The van der Waals surface area contributed by atoms with Crippen LogP contribution in [0.2, 0.25) is 5.02 Å². The fraction of sp³-hybridized carbons (Fsp3) is 0.258. The number of rotatable bonds is 8. The van der Waals surface area contributed by atoms with Gasteiger partial charge in [0.2, 0.25) is 0 Å². The predicted molar refractivity (Wildman–Crippen MR) is 166 cm³/mol. The topological polar surface area (TPSA) is 92.3 Å². The van der Waals surface area contributed by atoms with E-state index in [0.29, 0.717) is 59.7 Å². The minimum Gasteiger partial charge on any atom is -0.493 e. The van der Waals surface area contributed by atoms with Crippen LogP contribution in [0.25, 0.3) is 17.4 Å². The molecule has 8 nitrogen and oxygen atoms in total. The Balaban J connectivity index is 1.68. The molecule has 0 amide bonds. The molecule has 3 heterocycles. The van der Waals surface area contributed by atoms with E-state index in [1.807, 2.05) is 38.1 Å². The van der Waals surface area contributed by atoms with Crippen molar-refractivity contribution in [3.63, 3.8) is 0 Å². The second kappa shape index (κ2) is 12.3. The molecule has 42 heavy (non-hydrogen) atoms. The molecule has 0 spiro atoms. The quantitative estimate of drug-likeness (QED) is 0.208. The molecule has 1 aliphatic heterocycles. The third-order valence-corrected chi connectivity index (χ3v) is 8.66. The zero-order valence-electron chi connectivity index (χ0n) is 23.6. The minimum atomic E-state index is -0.831. The maximum atomic E-state index is 14.0. The Labute approximate surface area is 259 Å². The fourth-order valence-electron chi connectivity index (χ4n) is 4.84. The highest BCUT2D eigenvalue weighted by Crippen LogP contribution is 2.41. The number of allylic oxidation sites excluding steroid dienone is 1. The normalized spacial score (nSPS) is 14.9. The number of esters is 1. The van der Waals surface area contributed by atoms with Gasteiger partial charge in [-0.3, -0.25) is 9.36 Å². The average Bonchev–Trinajstić information content (AvgIpc) is 3.54. The summed E-state index contributed by atoms with van der Waals surface area (Å²) in [4.78, 5) is 32.4. The SMILES string of the molecule is CCOC(=O)C1=C(C)N=c2s/c(=C/c3ccc(-c4cc(Cl)ccc4C)o3)c(=O)n2[C@@H]1c1cc(OC)c(OCC)cc1Br. The molecule has 5 rings (SSSR count). The zero-order valence-corrected chi connectivity index (χ0v) is 26.8. The summed E-state index contributed by atoms with van der Waals surface area (Å²) in [5.74, 6) is 1.58. The van der Waals surface area contributed by atoms with Crippen molar-refractivity contribution in [2.75, 3.05) is 20.3 Å². The lowest BCUT2D eigenvalue weighted by molar-refractivity contribution is -0.139. The molecular weight excluding hydrogens is 644 g/mol. The fourth-order valence-corrected chi connectivity index (χ4v) is 6.58. The molecule has 0 bridgehead atoms. The largest absolute Gasteiger partial charge is 0.493 e. The lowest BCUT2D eigenvalue weighted by Crippen LogP contribution is -2.40. The van der Waals surface area contributed by atoms with E-state index in [4.69, 9.17) is 30.2 Å². The van der Waals surface area contributed by atoms with Crippen LogP contribution in [0.5, 0.6) is 11.5 Å². The van der Waals surface area contributed by atoms with Crippen LogP contribution in [0.4, 0.5) is 0 Å². The number of halogens is 2. The Hall–Kier alpha value is -3.60. The number of carbonyl (C=O) groups is 1. The molecule has 218 valence electrons. The van der Waals surface area contributed by atoms with E-state index in [-0.39, 0.29) is 17.7 Å². The van der Waals surface area contributed by atoms with Crippen LogP contribution in [0.15, 0.2) is 72.4 Å². The van der Waals surface area contributed by atoms with Crippen LogP contribution in [-0.2, 0) is 9.53 Å². The number of furan rings is 1. The number of aryl methyl sites for hydroxylation is 1. The van der Waals surface area contributed by atoms with Crippen molar-refractivity contribution in [2.45, 2.75) is 33.7 Å². The van der Waals surface area contributed by atoms with Crippen LogP contribution < -0.4 is 24.4 Å². The van der Waals surface area contributed by atoms with E-state index in [9.17, 15) is 9.59 Å². The first-order valence-electron chi connectivity index (χ1n) is 13.2. The van der Waals surface area contributed by atoms with E-state index in [1.165, 1.54) is 23.0 Å². The molecular formula is C31H28BrClN2O6S. The molecule has 2 aromatic heterocycles. The Morgan fingerprint density at radius 3 is 2.64 bits per heavy atom. The van der Waals surface area contributed by atoms with Gasteiger partial charge in [-0.2, -0.15) is 0 Å². The Kier molecular flexibility index (Phi) is 8.77. The zero-order chi connectivity index (χ0) is 30.1. The standard InChI is InChI=1S/C31H28BrClN2O6S/c1-6-39-25-15-22(32)21(14-24(25)38-5)28-27(30(37)40-7-2)17(4)34-31-35(28)29(36)26(42-31)13-19-10-11-23(41-19)20-12-18(33)9-8-16(20)3/h8-15,28H,6-7H2,1-5H3/b26-13+/t28-/m1/s1. The lowest BCUT2D eigenvalue weighted by Gasteiger charge is -2.26. The lowest BCUT2D eigenvalue weighted by atomic mass is 9.95. The van der Waals surface area contributed by atoms with Crippen molar-refractivity contribution in [3.8, 4) is 22.8 Å².